The quantitative estimate of drug-likeness (QED) is 0.813. The van der Waals surface area contributed by atoms with Crippen molar-refractivity contribution in [3.05, 3.63) is 52.0 Å². The van der Waals surface area contributed by atoms with Gasteiger partial charge in [0.15, 0.2) is 0 Å². The number of sulfonamides is 1. The van der Waals surface area contributed by atoms with Crippen molar-refractivity contribution in [1.82, 2.24) is 9.71 Å². The molecule has 0 aliphatic carbocycles. The van der Waals surface area contributed by atoms with Gasteiger partial charge in [0.1, 0.15) is 0 Å². The highest BCUT2D eigenvalue weighted by Gasteiger charge is 2.15. The van der Waals surface area contributed by atoms with Gasteiger partial charge in [0.05, 0.1) is 10.8 Å². The van der Waals surface area contributed by atoms with Gasteiger partial charge < -0.3 is 5.73 Å². The Morgan fingerprint density at radius 3 is 2.52 bits per heavy atom. The number of hydrogen-bond donors (Lipinski definition) is 2. The molecular formula is C14H19N3O2S2. The summed E-state index contributed by atoms with van der Waals surface area (Å²) in [5, 5.41) is 2.82. The average molecular weight is 325 g/mol. The van der Waals surface area contributed by atoms with Gasteiger partial charge in [-0.2, -0.15) is 0 Å². The third kappa shape index (κ3) is 4.89. The van der Waals surface area contributed by atoms with E-state index in [2.05, 4.69) is 9.71 Å². The van der Waals surface area contributed by atoms with Gasteiger partial charge in [-0.15, -0.1) is 11.3 Å². The maximum absolute atomic E-state index is 12.1. The standard InChI is InChI=1S/C14H19N3O2S2/c1-11(14-16-6-7-20-14)9-17-21(18,19)10-13-4-2-12(8-15)3-5-13/h2-7,11,17H,8-10,15H2,1H3. The molecule has 0 saturated carbocycles. The Morgan fingerprint density at radius 2 is 1.95 bits per heavy atom. The fourth-order valence-corrected chi connectivity index (χ4v) is 3.79. The first-order chi connectivity index (χ1) is 10.00. The molecule has 2 rings (SSSR count). The Kier molecular flexibility index (Phi) is 5.46. The van der Waals surface area contributed by atoms with Crippen molar-refractivity contribution >= 4 is 21.4 Å². The van der Waals surface area contributed by atoms with Gasteiger partial charge >= 0.3 is 0 Å². The average Bonchev–Trinajstić information content (AvgIpc) is 2.99. The summed E-state index contributed by atoms with van der Waals surface area (Å²) in [6.45, 7) is 2.77. The second-order valence-corrected chi connectivity index (χ2v) is 7.63. The molecule has 1 unspecified atom stereocenters. The molecule has 1 atom stereocenters. The van der Waals surface area contributed by atoms with Gasteiger partial charge in [-0.05, 0) is 11.1 Å². The molecule has 1 aromatic heterocycles. The van der Waals surface area contributed by atoms with Crippen LogP contribution in [0.3, 0.4) is 0 Å². The lowest BCUT2D eigenvalue weighted by molar-refractivity contribution is 0.574. The van der Waals surface area contributed by atoms with Crippen LogP contribution in [0.15, 0.2) is 35.8 Å². The van der Waals surface area contributed by atoms with Crippen LogP contribution in [0.1, 0.15) is 29.0 Å². The fraction of sp³-hybridized carbons (Fsp3) is 0.357. The Morgan fingerprint density at radius 1 is 1.29 bits per heavy atom. The molecule has 0 radical (unpaired) electrons. The summed E-state index contributed by atoms with van der Waals surface area (Å²) < 4.78 is 26.8. The van der Waals surface area contributed by atoms with E-state index in [1.165, 1.54) is 11.3 Å². The summed E-state index contributed by atoms with van der Waals surface area (Å²) in [7, 11) is -3.34. The van der Waals surface area contributed by atoms with Crippen LogP contribution in [0.4, 0.5) is 0 Å². The predicted octanol–water partition coefficient (Wildman–Crippen LogP) is 1.82. The normalized spacial score (nSPS) is 13.2. The Bertz CT molecular complexity index is 652. The summed E-state index contributed by atoms with van der Waals surface area (Å²) in [6, 6.07) is 7.30. The van der Waals surface area contributed by atoms with Crippen LogP contribution in [0, 0.1) is 0 Å². The SMILES string of the molecule is CC(CNS(=O)(=O)Cc1ccc(CN)cc1)c1nccs1. The first kappa shape index (κ1) is 16.1. The summed E-state index contributed by atoms with van der Waals surface area (Å²) >= 11 is 1.53. The highest BCUT2D eigenvalue weighted by Crippen LogP contribution is 2.17. The Labute approximate surface area is 129 Å². The van der Waals surface area contributed by atoms with E-state index in [4.69, 9.17) is 5.73 Å². The second-order valence-electron chi connectivity index (χ2n) is 4.90. The molecular weight excluding hydrogens is 306 g/mol. The van der Waals surface area contributed by atoms with Crippen LogP contribution in [-0.4, -0.2) is 19.9 Å². The number of benzene rings is 1. The lowest BCUT2D eigenvalue weighted by Gasteiger charge is -2.11. The van der Waals surface area contributed by atoms with Crippen molar-refractivity contribution in [2.24, 2.45) is 5.73 Å². The fourth-order valence-electron chi connectivity index (χ4n) is 1.86. The number of nitrogens with one attached hydrogen (secondary N) is 1. The zero-order valence-corrected chi connectivity index (χ0v) is 13.5. The van der Waals surface area contributed by atoms with E-state index in [-0.39, 0.29) is 11.7 Å². The van der Waals surface area contributed by atoms with E-state index in [1.54, 1.807) is 18.3 Å². The summed E-state index contributed by atoms with van der Waals surface area (Å²) in [5.74, 6) is 0.0435. The Balaban J connectivity index is 1.92. The van der Waals surface area contributed by atoms with Crippen LogP contribution in [-0.2, 0) is 22.3 Å². The van der Waals surface area contributed by atoms with E-state index in [9.17, 15) is 8.42 Å². The smallest absolute Gasteiger partial charge is 0.215 e. The monoisotopic (exact) mass is 325 g/mol. The maximum Gasteiger partial charge on any atom is 0.215 e. The van der Waals surface area contributed by atoms with Gasteiger partial charge in [-0.25, -0.2) is 18.1 Å². The largest absolute Gasteiger partial charge is 0.326 e. The van der Waals surface area contributed by atoms with Crippen molar-refractivity contribution in [3.63, 3.8) is 0 Å². The third-order valence-corrected chi connectivity index (χ3v) is 5.42. The van der Waals surface area contributed by atoms with Gasteiger partial charge in [-0.1, -0.05) is 31.2 Å². The molecule has 0 amide bonds. The zero-order valence-electron chi connectivity index (χ0n) is 11.8. The van der Waals surface area contributed by atoms with Crippen molar-refractivity contribution in [2.45, 2.75) is 25.1 Å². The van der Waals surface area contributed by atoms with Crippen molar-refractivity contribution in [1.29, 1.82) is 0 Å². The number of nitrogens with two attached hydrogens (primary N) is 1. The highest BCUT2D eigenvalue weighted by molar-refractivity contribution is 7.88. The minimum atomic E-state index is -3.34. The van der Waals surface area contributed by atoms with Crippen LogP contribution in [0.25, 0.3) is 0 Å². The molecule has 0 aliphatic rings. The molecule has 2 aromatic rings. The Hall–Kier alpha value is -1.28. The van der Waals surface area contributed by atoms with E-state index in [0.717, 1.165) is 16.1 Å². The topological polar surface area (TPSA) is 85.1 Å². The molecule has 0 spiro atoms. The van der Waals surface area contributed by atoms with E-state index in [0.29, 0.717) is 13.1 Å². The molecule has 0 bridgehead atoms. The van der Waals surface area contributed by atoms with Crippen LogP contribution in [0.5, 0.6) is 0 Å². The molecule has 0 saturated heterocycles. The summed E-state index contributed by atoms with van der Waals surface area (Å²) in [4.78, 5) is 4.19. The maximum atomic E-state index is 12.1. The van der Waals surface area contributed by atoms with Gasteiger partial charge in [0, 0.05) is 30.6 Å². The number of hydrogen-bond acceptors (Lipinski definition) is 5. The third-order valence-electron chi connectivity index (χ3n) is 3.10. The molecule has 0 aliphatic heterocycles. The summed E-state index contributed by atoms with van der Waals surface area (Å²) in [6.07, 6.45) is 1.73. The van der Waals surface area contributed by atoms with Crippen LogP contribution < -0.4 is 10.5 Å². The molecule has 1 heterocycles. The van der Waals surface area contributed by atoms with Crippen molar-refractivity contribution < 1.29 is 8.42 Å². The zero-order chi connectivity index (χ0) is 15.3. The molecule has 1 aromatic carbocycles. The second kappa shape index (κ2) is 7.13. The van der Waals surface area contributed by atoms with Crippen molar-refractivity contribution in [3.8, 4) is 0 Å². The van der Waals surface area contributed by atoms with Crippen molar-refractivity contribution in [2.75, 3.05) is 6.54 Å². The number of thiazole rings is 1. The van der Waals surface area contributed by atoms with E-state index >= 15 is 0 Å². The molecule has 114 valence electrons. The van der Waals surface area contributed by atoms with Gasteiger partial charge in [0.25, 0.3) is 0 Å². The van der Waals surface area contributed by atoms with Gasteiger partial charge in [0.2, 0.25) is 10.0 Å². The predicted molar refractivity (Wildman–Crippen MR) is 85.5 cm³/mol. The van der Waals surface area contributed by atoms with Crippen LogP contribution >= 0.6 is 11.3 Å². The molecule has 3 N–H and O–H groups in total. The minimum Gasteiger partial charge on any atom is -0.326 e. The number of aromatic nitrogens is 1. The van der Waals surface area contributed by atoms with E-state index in [1.807, 2.05) is 24.4 Å². The van der Waals surface area contributed by atoms with E-state index < -0.39 is 10.0 Å². The molecule has 7 heteroatoms. The first-order valence-corrected chi connectivity index (χ1v) is 9.18. The molecule has 5 nitrogen and oxygen atoms in total. The number of nitrogens with zero attached hydrogens (tertiary/aromatic N) is 1. The van der Waals surface area contributed by atoms with Gasteiger partial charge in [-0.3, -0.25) is 0 Å². The first-order valence-electron chi connectivity index (χ1n) is 6.65. The summed E-state index contributed by atoms with van der Waals surface area (Å²) in [5.41, 5.74) is 7.26. The highest BCUT2D eigenvalue weighted by atomic mass is 32.2. The lowest BCUT2D eigenvalue weighted by Crippen LogP contribution is -2.28. The minimum absolute atomic E-state index is 0.0254. The number of rotatable bonds is 7. The molecule has 21 heavy (non-hydrogen) atoms. The lowest BCUT2D eigenvalue weighted by atomic mass is 10.1. The van der Waals surface area contributed by atoms with Crippen LogP contribution in [0.2, 0.25) is 0 Å². The molecule has 0 fully saturated rings.